The van der Waals surface area contributed by atoms with Gasteiger partial charge in [0.2, 0.25) is 0 Å². The molecular formula is C15H14N4O2. The molecule has 21 heavy (non-hydrogen) atoms. The molecule has 0 bridgehead atoms. The molecule has 0 aliphatic carbocycles. The predicted octanol–water partition coefficient (Wildman–Crippen LogP) is 0.848. The van der Waals surface area contributed by atoms with Gasteiger partial charge < -0.3 is 5.32 Å². The lowest BCUT2D eigenvalue weighted by Gasteiger charge is -2.03. The summed E-state index contributed by atoms with van der Waals surface area (Å²) in [5.41, 5.74) is 3.86. The van der Waals surface area contributed by atoms with Crippen molar-refractivity contribution in [2.75, 3.05) is 0 Å². The Morgan fingerprint density at radius 2 is 1.76 bits per heavy atom. The zero-order chi connectivity index (χ0) is 14.9. The molecule has 0 spiro atoms. The van der Waals surface area contributed by atoms with Gasteiger partial charge in [0.25, 0.3) is 0 Å². The average Bonchev–Trinajstić information content (AvgIpc) is 2.54. The van der Waals surface area contributed by atoms with Crippen molar-refractivity contribution < 1.29 is 9.59 Å². The van der Waals surface area contributed by atoms with E-state index < -0.39 is 11.8 Å². The molecule has 1 heterocycles. The van der Waals surface area contributed by atoms with Crippen LogP contribution in [0.4, 0.5) is 0 Å². The maximum atomic E-state index is 11.5. The van der Waals surface area contributed by atoms with Crippen LogP contribution in [0.5, 0.6) is 0 Å². The Balaban J connectivity index is 1.78. The van der Waals surface area contributed by atoms with E-state index in [9.17, 15) is 9.59 Å². The third kappa shape index (κ3) is 4.87. The smallest absolute Gasteiger partial charge is 0.329 e. The molecule has 0 saturated heterocycles. The highest BCUT2D eigenvalue weighted by Crippen LogP contribution is 1.95. The molecule has 2 N–H and O–H groups in total. The molecule has 6 nitrogen and oxygen atoms in total. The highest BCUT2D eigenvalue weighted by Gasteiger charge is 2.11. The summed E-state index contributed by atoms with van der Waals surface area (Å²) in [4.78, 5) is 26.9. The van der Waals surface area contributed by atoms with Crippen LogP contribution >= 0.6 is 0 Å². The second-order valence-corrected chi connectivity index (χ2v) is 4.15. The highest BCUT2D eigenvalue weighted by atomic mass is 16.2. The van der Waals surface area contributed by atoms with Gasteiger partial charge in [-0.25, -0.2) is 5.43 Å². The number of nitrogens with one attached hydrogen (secondary N) is 2. The topological polar surface area (TPSA) is 83.5 Å². The Kier molecular flexibility index (Phi) is 5.17. The van der Waals surface area contributed by atoms with Crippen molar-refractivity contribution in [1.29, 1.82) is 0 Å². The number of hydrazone groups is 1. The molecule has 0 aliphatic rings. The fraction of sp³-hybridized carbons (Fsp3) is 0.0667. The fourth-order valence-electron chi connectivity index (χ4n) is 1.52. The highest BCUT2D eigenvalue weighted by molar-refractivity contribution is 6.35. The summed E-state index contributed by atoms with van der Waals surface area (Å²) in [7, 11) is 0. The molecule has 1 aromatic carbocycles. The quantitative estimate of drug-likeness (QED) is 0.495. The summed E-state index contributed by atoms with van der Waals surface area (Å²) in [6.07, 6.45) is 4.70. The molecule has 0 atom stereocenters. The SMILES string of the molecule is O=C(NCc1ccncc1)C(=O)N/N=C\c1ccccc1. The molecule has 0 saturated carbocycles. The van der Waals surface area contributed by atoms with E-state index >= 15 is 0 Å². The largest absolute Gasteiger partial charge is 0.344 e. The van der Waals surface area contributed by atoms with Crippen LogP contribution in [-0.2, 0) is 16.1 Å². The van der Waals surface area contributed by atoms with Crippen LogP contribution in [0.3, 0.4) is 0 Å². The molecule has 2 amide bonds. The number of pyridine rings is 1. The number of rotatable bonds is 4. The van der Waals surface area contributed by atoms with Crippen LogP contribution in [0.25, 0.3) is 0 Å². The molecule has 2 rings (SSSR count). The summed E-state index contributed by atoms with van der Waals surface area (Å²) >= 11 is 0. The summed E-state index contributed by atoms with van der Waals surface area (Å²) < 4.78 is 0. The van der Waals surface area contributed by atoms with Crippen molar-refractivity contribution >= 4 is 18.0 Å². The van der Waals surface area contributed by atoms with E-state index in [4.69, 9.17) is 0 Å². The maximum absolute atomic E-state index is 11.5. The van der Waals surface area contributed by atoms with E-state index in [1.54, 1.807) is 24.5 Å². The minimum absolute atomic E-state index is 0.261. The van der Waals surface area contributed by atoms with E-state index in [1.807, 2.05) is 30.3 Å². The van der Waals surface area contributed by atoms with E-state index in [0.29, 0.717) is 0 Å². The molecule has 1 aromatic heterocycles. The third-order valence-electron chi connectivity index (χ3n) is 2.59. The summed E-state index contributed by atoms with van der Waals surface area (Å²) in [6.45, 7) is 0.261. The first-order valence-corrected chi connectivity index (χ1v) is 6.31. The molecule has 2 aromatic rings. The number of carbonyl (C=O) groups excluding carboxylic acids is 2. The van der Waals surface area contributed by atoms with Gasteiger partial charge in [0.05, 0.1) is 6.21 Å². The number of benzene rings is 1. The average molecular weight is 282 g/mol. The molecule has 0 radical (unpaired) electrons. The Labute approximate surface area is 121 Å². The second kappa shape index (κ2) is 7.54. The Hall–Kier alpha value is -3.02. The maximum Gasteiger partial charge on any atom is 0.329 e. The third-order valence-corrected chi connectivity index (χ3v) is 2.59. The molecule has 106 valence electrons. The molecule has 0 unspecified atom stereocenters. The van der Waals surface area contributed by atoms with Crippen molar-refractivity contribution in [2.24, 2.45) is 5.10 Å². The van der Waals surface area contributed by atoms with Crippen molar-refractivity contribution in [3.63, 3.8) is 0 Å². The number of nitrogens with zero attached hydrogens (tertiary/aromatic N) is 2. The van der Waals surface area contributed by atoms with Crippen LogP contribution in [0, 0.1) is 0 Å². The number of hydrogen-bond donors (Lipinski definition) is 2. The van der Waals surface area contributed by atoms with Gasteiger partial charge in [-0.1, -0.05) is 30.3 Å². The van der Waals surface area contributed by atoms with Crippen LogP contribution in [0.2, 0.25) is 0 Å². The number of aromatic nitrogens is 1. The van der Waals surface area contributed by atoms with Gasteiger partial charge >= 0.3 is 11.8 Å². The Morgan fingerprint density at radius 1 is 1.05 bits per heavy atom. The Morgan fingerprint density at radius 3 is 2.48 bits per heavy atom. The zero-order valence-electron chi connectivity index (χ0n) is 11.2. The normalized spacial score (nSPS) is 10.3. The van der Waals surface area contributed by atoms with Gasteiger partial charge in [-0.05, 0) is 23.3 Å². The van der Waals surface area contributed by atoms with E-state index in [2.05, 4.69) is 20.8 Å². The van der Waals surface area contributed by atoms with E-state index in [1.165, 1.54) is 6.21 Å². The standard InChI is InChI=1S/C15H14N4O2/c20-14(17-10-13-6-8-16-9-7-13)15(21)19-18-11-12-4-2-1-3-5-12/h1-9,11H,10H2,(H,17,20)(H,19,21)/b18-11-. The first-order valence-electron chi connectivity index (χ1n) is 6.31. The second-order valence-electron chi connectivity index (χ2n) is 4.15. The zero-order valence-corrected chi connectivity index (χ0v) is 11.2. The first kappa shape index (κ1) is 14.4. The van der Waals surface area contributed by atoms with Gasteiger partial charge in [0.1, 0.15) is 0 Å². The fourth-order valence-corrected chi connectivity index (χ4v) is 1.52. The van der Waals surface area contributed by atoms with Gasteiger partial charge in [-0.15, -0.1) is 0 Å². The molecule has 0 fully saturated rings. The van der Waals surface area contributed by atoms with Gasteiger partial charge in [-0.3, -0.25) is 14.6 Å². The summed E-state index contributed by atoms with van der Waals surface area (Å²) in [5, 5.41) is 6.22. The minimum Gasteiger partial charge on any atom is -0.344 e. The van der Waals surface area contributed by atoms with Crippen LogP contribution < -0.4 is 10.7 Å². The Bertz CT molecular complexity index is 627. The lowest BCUT2D eigenvalue weighted by atomic mass is 10.2. The van der Waals surface area contributed by atoms with Crippen LogP contribution in [0.1, 0.15) is 11.1 Å². The molecule has 0 aliphatic heterocycles. The lowest BCUT2D eigenvalue weighted by molar-refractivity contribution is -0.139. The number of carbonyl (C=O) groups is 2. The van der Waals surface area contributed by atoms with Crippen molar-refractivity contribution in [3.8, 4) is 0 Å². The van der Waals surface area contributed by atoms with E-state index in [-0.39, 0.29) is 6.54 Å². The van der Waals surface area contributed by atoms with Gasteiger partial charge in [0.15, 0.2) is 0 Å². The predicted molar refractivity (Wildman–Crippen MR) is 78.3 cm³/mol. The first-order chi connectivity index (χ1) is 10.3. The molecular weight excluding hydrogens is 268 g/mol. The number of hydrogen-bond acceptors (Lipinski definition) is 4. The minimum atomic E-state index is -0.809. The molecule has 6 heteroatoms. The van der Waals surface area contributed by atoms with Crippen molar-refractivity contribution in [2.45, 2.75) is 6.54 Å². The van der Waals surface area contributed by atoms with Crippen LogP contribution in [-0.4, -0.2) is 23.0 Å². The van der Waals surface area contributed by atoms with Gasteiger partial charge in [0, 0.05) is 18.9 Å². The number of amides is 2. The van der Waals surface area contributed by atoms with Gasteiger partial charge in [-0.2, -0.15) is 5.10 Å². The summed E-state index contributed by atoms with van der Waals surface area (Å²) in [6, 6.07) is 12.8. The van der Waals surface area contributed by atoms with Crippen LogP contribution in [0.15, 0.2) is 60.0 Å². The monoisotopic (exact) mass is 282 g/mol. The van der Waals surface area contributed by atoms with Crippen molar-refractivity contribution in [1.82, 2.24) is 15.7 Å². The summed E-state index contributed by atoms with van der Waals surface area (Å²) in [5.74, 6) is -1.55. The van der Waals surface area contributed by atoms with Crippen molar-refractivity contribution in [3.05, 3.63) is 66.0 Å². The van der Waals surface area contributed by atoms with E-state index in [0.717, 1.165) is 11.1 Å². The lowest BCUT2D eigenvalue weighted by Crippen LogP contribution is -2.37.